The van der Waals surface area contributed by atoms with Crippen molar-refractivity contribution in [3.05, 3.63) is 36.0 Å². The van der Waals surface area contributed by atoms with Gasteiger partial charge in [-0.1, -0.05) is 25.1 Å². The van der Waals surface area contributed by atoms with Crippen LogP contribution in [0.4, 0.5) is 0 Å². The molecule has 5 N–H and O–H groups in total. The molecule has 0 saturated carbocycles. The lowest BCUT2D eigenvalue weighted by atomic mass is 9.90. The van der Waals surface area contributed by atoms with E-state index in [0.29, 0.717) is 38.6 Å². The summed E-state index contributed by atoms with van der Waals surface area (Å²) >= 11 is 0. The summed E-state index contributed by atoms with van der Waals surface area (Å²) in [6.07, 6.45) is 4.20. The second-order valence-corrected chi connectivity index (χ2v) is 15.2. The fourth-order valence-corrected chi connectivity index (χ4v) is 6.70. The lowest BCUT2D eigenvalue weighted by Crippen LogP contribution is -2.55. The molecule has 12 heteroatoms. The molecule has 1 aliphatic heterocycles. The number of rotatable bonds is 13. The first-order chi connectivity index (χ1) is 20.2. The smallest absolute Gasteiger partial charge is 0.329 e. The van der Waals surface area contributed by atoms with E-state index >= 15 is 0 Å². The van der Waals surface area contributed by atoms with Gasteiger partial charge in [-0.25, -0.2) is 17.5 Å². The van der Waals surface area contributed by atoms with Crippen LogP contribution < -0.4 is 16.4 Å². The molecule has 1 unspecified atom stereocenters. The van der Waals surface area contributed by atoms with Crippen LogP contribution in [0.1, 0.15) is 85.1 Å². The summed E-state index contributed by atoms with van der Waals surface area (Å²) in [5.74, 6) is -2.25. The average molecular weight is 620 g/mol. The van der Waals surface area contributed by atoms with Gasteiger partial charge in [-0.3, -0.25) is 9.59 Å². The van der Waals surface area contributed by atoms with Crippen LogP contribution in [-0.2, 0) is 29.1 Å². The number of carbonyl (C=O) groups is 3. The third kappa shape index (κ3) is 9.02. The monoisotopic (exact) mass is 619 g/mol. The molecule has 43 heavy (non-hydrogen) atoms. The highest BCUT2D eigenvalue weighted by molar-refractivity contribution is 7.89. The number of benzene rings is 1. The first kappa shape index (κ1) is 34.5. The van der Waals surface area contributed by atoms with E-state index in [-0.39, 0.29) is 19.0 Å². The molecule has 0 bridgehead atoms. The Bertz CT molecular complexity index is 1360. The Kier molecular flexibility index (Phi) is 11.8. The van der Waals surface area contributed by atoms with Crippen LogP contribution in [0.25, 0.3) is 10.9 Å². The largest absolute Gasteiger partial charge is 0.458 e. The number of ether oxygens (including phenoxy) is 1. The number of piperidine rings is 1. The number of esters is 1. The molecule has 2 heterocycles. The van der Waals surface area contributed by atoms with Gasteiger partial charge < -0.3 is 26.1 Å². The molecule has 1 fully saturated rings. The number of unbranched alkanes of at least 4 members (excludes halogenated alkanes) is 1. The fraction of sp³-hybridized carbons (Fsp3) is 0.645. The number of nitrogens with zero attached hydrogens (tertiary/aromatic N) is 1. The van der Waals surface area contributed by atoms with Crippen LogP contribution in [-0.4, -0.2) is 78.1 Å². The number of fused-ring (bicyclic) bond motifs is 1. The quantitative estimate of drug-likeness (QED) is 0.198. The molecule has 1 saturated heterocycles. The van der Waals surface area contributed by atoms with Crippen molar-refractivity contribution in [2.45, 2.75) is 102 Å². The molecule has 11 nitrogen and oxygen atoms in total. The van der Waals surface area contributed by atoms with Crippen LogP contribution >= 0.6 is 0 Å². The topological polar surface area (TPSA) is 164 Å². The second kappa shape index (κ2) is 14.7. The van der Waals surface area contributed by atoms with Crippen molar-refractivity contribution in [3.8, 4) is 0 Å². The van der Waals surface area contributed by atoms with Crippen LogP contribution in [0.3, 0.4) is 0 Å². The summed E-state index contributed by atoms with van der Waals surface area (Å²) in [6, 6.07) is 5.82. The zero-order chi connectivity index (χ0) is 31.9. The molecule has 1 aromatic heterocycles. The van der Waals surface area contributed by atoms with Gasteiger partial charge in [0.15, 0.2) is 0 Å². The summed E-state index contributed by atoms with van der Waals surface area (Å²) in [5.41, 5.74) is 6.68. The predicted octanol–water partition coefficient (Wildman–Crippen LogP) is 3.16. The highest BCUT2D eigenvalue weighted by atomic mass is 32.2. The summed E-state index contributed by atoms with van der Waals surface area (Å²) < 4.78 is 32.3. The average Bonchev–Trinajstić information content (AvgIpc) is 3.38. The van der Waals surface area contributed by atoms with Gasteiger partial charge in [0, 0.05) is 42.0 Å². The van der Waals surface area contributed by atoms with E-state index < -0.39 is 56.7 Å². The zero-order valence-corrected chi connectivity index (χ0v) is 27.1. The first-order valence-electron chi connectivity index (χ1n) is 15.2. The number of carbonyl (C=O) groups excluding carboxylic acids is 3. The van der Waals surface area contributed by atoms with Gasteiger partial charge in [-0.15, -0.1) is 0 Å². The first-order valence-corrected chi connectivity index (χ1v) is 16.7. The fourth-order valence-electron chi connectivity index (χ4n) is 5.39. The SMILES string of the molecule is CC(C)S(=O)(=O)N1CCC(C(=O)N[C@@H](C(=O)NC(CCCCN)C(=O)OC(C)(C)C)[C@H](C)c2c[nH]c3ccccc23)CC1. The molecule has 1 aliphatic rings. The molecular weight excluding hydrogens is 570 g/mol. The Balaban J connectivity index is 1.85. The third-order valence-corrected chi connectivity index (χ3v) is 10.2. The van der Waals surface area contributed by atoms with Gasteiger partial charge in [0.25, 0.3) is 0 Å². The second-order valence-electron chi connectivity index (χ2n) is 12.7. The summed E-state index contributed by atoms with van der Waals surface area (Å²) in [7, 11) is -3.41. The zero-order valence-electron chi connectivity index (χ0n) is 26.3. The van der Waals surface area contributed by atoms with E-state index in [1.54, 1.807) is 34.6 Å². The van der Waals surface area contributed by atoms with Crippen molar-refractivity contribution in [2.75, 3.05) is 19.6 Å². The number of amides is 2. The highest BCUT2D eigenvalue weighted by Crippen LogP contribution is 2.29. The van der Waals surface area contributed by atoms with Crippen molar-refractivity contribution in [1.82, 2.24) is 19.9 Å². The van der Waals surface area contributed by atoms with Crippen molar-refractivity contribution in [2.24, 2.45) is 11.7 Å². The minimum absolute atomic E-state index is 0.245. The van der Waals surface area contributed by atoms with Crippen molar-refractivity contribution >= 4 is 38.7 Å². The molecule has 3 atom stereocenters. The number of aromatic nitrogens is 1. The van der Waals surface area contributed by atoms with Crippen molar-refractivity contribution in [1.29, 1.82) is 0 Å². The van der Waals surface area contributed by atoms with Gasteiger partial charge in [-0.05, 0) is 84.9 Å². The summed E-state index contributed by atoms with van der Waals surface area (Å²) in [5, 5.41) is 6.24. The third-order valence-electron chi connectivity index (χ3n) is 7.93. The van der Waals surface area contributed by atoms with E-state index in [1.807, 2.05) is 37.4 Å². The minimum Gasteiger partial charge on any atom is -0.458 e. The molecule has 1 aromatic carbocycles. The molecule has 2 aromatic rings. The summed E-state index contributed by atoms with van der Waals surface area (Å²) in [4.78, 5) is 43.9. The van der Waals surface area contributed by atoms with Crippen molar-refractivity contribution < 1.29 is 27.5 Å². The number of nitrogens with one attached hydrogen (secondary N) is 3. The maximum absolute atomic E-state index is 13.9. The van der Waals surface area contributed by atoms with Gasteiger partial charge in [-0.2, -0.15) is 0 Å². The maximum atomic E-state index is 13.9. The number of H-pyrrole nitrogens is 1. The molecule has 3 rings (SSSR count). The number of aromatic amines is 1. The van der Waals surface area contributed by atoms with E-state index in [9.17, 15) is 22.8 Å². The molecule has 240 valence electrons. The van der Waals surface area contributed by atoms with Gasteiger partial charge in [0.1, 0.15) is 17.7 Å². The van der Waals surface area contributed by atoms with Crippen LogP contribution in [0.2, 0.25) is 0 Å². The van der Waals surface area contributed by atoms with Gasteiger partial charge in [0.2, 0.25) is 21.8 Å². The minimum atomic E-state index is -3.41. The highest BCUT2D eigenvalue weighted by Gasteiger charge is 2.37. The van der Waals surface area contributed by atoms with Crippen LogP contribution in [0.5, 0.6) is 0 Å². The lowest BCUT2D eigenvalue weighted by Gasteiger charge is -2.33. The van der Waals surface area contributed by atoms with Gasteiger partial charge >= 0.3 is 5.97 Å². The maximum Gasteiger partial charge on any atom is 0.329 e. The Morgan fingerprint density at radius 2 is 1.72 bits per heavy atom. The number of para-hydroxylation sites is 1. The Hall–Kier alpha value is -2.96. The Morgan fingerprint density at radius 3 is 2.33 bits per heavy atom. The van der Waals surface area contributed by atoms with Gasteiger partial charge in [0.05, 0.1) is 5.25 Å². The molecule has 0 spiro atoms. The van der Waals surface area contributed by atoms with Crippen LogP contribution in [0, 0.1) is 5.92 Å². The number of nitrogens with two attached hydrogens (primary N) is 1. The molecule has 0 aliphatic carbocycles. The van der Waals surface area contributed by atoms with Crippen molar-refractivity contribution in [3.63, 3.8) is 0 Å². The van der Waals surface area contributed by atoms with E-state index in [0.717, 1.165) is 16.5 Å². The van der Waals surface area contributed by atoms with E-state index in [2.05, 4.69) is 15.6 Å². The Labute approximate surface area is 255 Å². The number of hydrogen-bond acceptors (Lipinski definition) is 7. The Morgan fingerprint density at radius 1 is 1.07 bits per heavy atom. The number of hydrogen-bond donors (Lipinski definition) is 4. The van der Waals surface area contributed by atoms with E-state index in [4.69, 9.17) is 10.5 Å². The standard InChI is InChI=1S/C31H49N5O6S/c1-20(2)43(40,41)36-17-14-22(15-18-36)28(37)35-27(21(3)24-19-33-25-12-8-7-11-23(24)25)29(38)34-26(13-9-10-16-32)30(39)42-31(4,5)6/h7-8,11-12,19-22,26-27,33H,9-10,13-18,32H2,1-6H3,(H,34,38)(H,35,37)/t21-,26?,27-/m1/s1. The predicted molar refractivity (Wildman–Crippen MR) is 168 cm³/mol. The summed E-state index contributed by atoms with van der Waals surface area (Å²) in [6.45, 7) is 11.4. The molecule has 2 amide bonds. The molecular formula is C31H49N5O6S. The van der Waals surface area contributed by atoms with Crippen LogP contribution in [0.15, 0.2) is 30.5 Å². The normalized spacial score (nSPS) is 17.4. The van der Waals surface area contributed by atoms with E-state index in [1.165, 1.54) is 4.31 Å². The number of sulfonamides is 1. The molecule has 0 radical (unpaired) electrons. The lowest BCUT2D eigenvalue weighted by molar-refractivity contribution is -0.159.